The first-order valence-corrected chi connectivity index (χ1v) is 10.3. The second-order valence-electron chi connectivity index (χ2n) is 8.19. The molecule has 0 aromatic carbocycles. The molecule has 1 aliphatic carbocycles. The average Bonchev–Trinajstić information content (AvgIpc) is 3.23. The SMILES string of the molecule is Cc1noc(C)c1CCC(=O)N1CCC(c2nccn2CC2CCC2)CC1. The number of nitrogens with zero attached hydrogens (tertiary/aromatic N) is 4. The number of hydrogen-bond donors (Lipinski definition) is 0. The van der Waals surface area contributed by atoms with Crippen LogP contribution in [0.3, 0.4) is 0 Å². The molecule has 0 unspecified atom stereocenters. The summed E-state index contributed by atoms with van der Waals surface area (Å²) >= 11 is 0. The molecule has 1 amide bonds. The molecule has 0 N–H and O–H groups in total. The minimum atomic E-state index is 0.242. The number of aryl methyl sites for hydroxylation is 2. The van der Waals surface area contributed by atoms with Gasteiger partial charge in [-0.3, -0.25) is 4.79 Å². The first-order valence-electron chi connectivity index (χ1n) is 10.3. The monoisotopic (exact) mass is 370 g/mol. The van der Waals surface area contributed by atoms with Gasteiger partial charge >= 0.3 is 0 Å². The molecule has 0 bridgehead atoms. The molecule has 2 fully saturated rings. The predicted octanol–water partition coefficient (Wildman–Crippen LogP) is 3.63. The van der Waals surface area contributed by atoms with E-state index in [4.69, 9.17) is 4.52 Å². The summed E-state index contributed by atoms with van der Waals surface area (Å²) in [6.07, 6.45) is 11.4. The fourth-order valence-corrected chi connectivity index (χ4v) is 4.42. The Bertz CT molecular complexity index is 762. The molecule has 1 aliphatic heterocycles. The Balaban J connectivity index is 1.28. The summed E-state index contributed by atoms with van der Waals surface area (Å²) in [5, 5.41) is 3.97. The van der Waals surface area contributed by atoms with Crippen LogP contribution in [0, 0.1) is 19.8 Å². The number of piperidine rings is 1. The zero-order valence-corrected chi connectivity index (χ0v) is 16.5. The molecule has 27 heavy (non-hydrogen) atoms. The van der Waals surface area contributed by atoms with Gasteiger partial charge in [-0.05, 0) is 51.9 Å². The lowest BCUT2D eigenvalue weighted by molar-refractivity contribution is -0.132. The molecule has 146 valence electrons. The fourth-order valence-electron chi connectivity index (χ4n) is 4.42. The number of hydrogen-bond acceptors (Lipinski definition) is 4. The van der Waals surface area contributed by atoms with Gasteiger partial charge in [0.25, 0.3) is 0 Å². The van der Waals surface area contributed by atoms with E-state index in [0.717, 1.165) is 55.4 Å². The Kier molecular flexibility index (Phi) is 5.32. The van der Waals surface area contributed by atoms with Gasteiger partial charge in [0.15, 0.2) is 0 Å². The van der Waals surface area contributed by atoms with E-state index in [1.807, 2.05) is 24.9 Å². The van der Waals surface area contributed by atoms with Crippen LogP contribution >= 0.6 is 0 Å². The third-order valence-electron chi connectivity index (χ3n) is 6.41. The maximum atomic E-state index is 12.6. The normalized spacial score (nSPS) is 18.7. The quantitative estimate of drug-likeness (QED) is 0.779. The third kappa shape index (κ3) is 3.94. The third-order valence-corrected chi connectivity index (χ3v) is 6.41. The molecule has 0 atom stereocenters. The van der Waals surface area contributed by atoms with Crippen molar-refractivity contribution in [1.29, 1.82) is 0 Å². The Labute approximate surface area is 160 Å². The van der Waals surface area contributed by atoms with Crippen LogP contribution in [0.15, 0.2) is 16.9 Å². The number of rotatable bonds is 6. The van der Waals surface area contributed by atoms with Crippen molar-refractivity contribution in [3.63, 3.8) is 0 Å². The summed E-state index contributed by atoms with van der Waals surface area (Å²) in [4.78, 5) is 19.3. The van der Waals surface area contributed by atoms with Crippen LogP contribution in [-0.2, 0) is 17.8 Å². The average molecular weight is 370 g/mol. The largest absolute Gasteiger partial charge is 0.361 e. The highest BCUT2D eigenvalue weighted by Gasteiger charge is 2.27. The topological polar surface area (TPSA) is 64.2 Å². The van der Waals surface area contributed by atoms with Crippen molar-refractivity contribution in [3.05, 3.63) is 35.2 Å². The van der Waals surface area contributed by atoms with E-state index >= 15 is 0 Å². The van der Waals surface area contributed by atoms with Crippen molar-refractivity contribution in [3.8, 4) is 0 Å². The lowest BCUT2D eigenvalue weighted by Crippen LogP contribution is -2.38. The van der Waals surface area contributed by atoms with Gasteiger partial charge in [0, 0.05) is 49.9 Å². The minimum Gasteiger partial charge on any atom is -0.361 e. The van der Waals surface area contributed by atoms with Crippen LogP contribution in [0.25, 0.3) is 0 Å². The van der Waals surface area contributed by atoms with Gasteiger partial charge in [-0.1, -0.05) is 11.6 Å². The smallest absolute Gasteiger partial charge is 0.222 e. The van der Waals surface area contributed by atoms with E-state index < -0.39 is 0 Å². The molecule has 2 aromatic rings. The van der Waals surface area contributed by atoms with Crippen LogP contribution in [0.5, 0.6) is 0 Å². The first kappa shape index (κ1) is 18.3. The molecule has 6 nitrogen and oxygen atoms in total. The van der Waals surface area contributed by atoms with Crippen molar-refractivity contribution in [2.75, 3.05) is 13.1 Å². The highest BCUT2D eigenvalue weighted by Crippen LogP contribution is 2.31. The zero-order valence-electron chi connectivity index (χ0n) is 16.5. The van der Waals surface area contributed by atoms with E-state index in [-0.39, 0.29) is 5.91 Å². The molecule has 2 aromatic heterocycles. The summed E-state index contributed by atoms with van der Waals surface area (Å²) in [5.41, 5.74) is 1.98. The number of carbonyl (C=O) groups excluding carboxylic acids is 1. The van der Waals surface area contributed by atoms with Gasteiger partial charge in [0.2, 0.25) is 5.91 Å². The maximum absolute atomic E-state index is 12.6. The highest BCUT2D eigenvalue weighted by atomic mass is 16.5. The molecular formula is C21H30N4O2. The van der Waals surface area contributed by atoms with Gasteiger partial charge in [0.1, 0.15) is 11.6 Å². The van der Waals surface area contributed by atoms with Crippen LogP contribution in [0.1, 0.15) is 67.3 Å². The molecule has 1 saturated carbocycles. The van der Waals surface area contributed by atoms with Gasteiger partial charge in [-0.15, -0.1) is 0 Å². The van der Waals surface area contributed by atoms with E-state index in [1.54, 1.807) is 0 Å². The Morgan fingerprint density at radius 2 is 2.00 bits per heavy atom. The van der Waals surface area contributed by atoms with Crippen molar-refractivity contribution in [2.24, 2.45) is 5.92 Å². The second kappa shape index (κ2) is 7.87. The molecule has 6 heteroatoms. The van der Waals surface area contributed by atoms with Crippen molar-refractivity contribution in [1.82, 2.24) is 19.6 Å². The number of aromatic nitrogens is 3. The van der Waals surface area contributed by atoms with E-state index in [1.165, 1.54) is 25.1 Å². The van der Waals surface area contributed by atoms with Crippen LogP contribution in [-0.4, -0.2) is 38.6 Å². The van der Waals surface area contributed by atoms with Crippen molar-refractivity contribution < 1.29 is 9.32 Å². The molecule has 2 aliphatic rings. The standard InChI is InChI=1S/C21H30N4O2/c1-15-19(16(2)27-23-15)6-7-20(26)24-11-8-18(9-12-24)21-22-10-13-25(21)14-17-4-3-5-17/h10,13,17-18H,3-9,11-12,14H2,1-2H3. The molecule has 4 rings (SSSR count). The zero-order chi connectivity index (χ0) is 18.8. The highest BCUT2D eigenvalue weighted by molar-refractivity contribution is 5.76. The van der Waals surface area contributed by atoms with Crippen molar-refractivity contribution >= 4 is 5.91 Å². The van der Waals surface area contributed by atoms with Gasteiger partial charge in [-0.2, -0.15) is 0 Å². The maximum Gasteiger partial charge on any atom is 0.222 e. The molecule has 0 radical (unpaired) electrons. The molecule has 3 heterocycles. The minimum absolute atomic E-state index is 0.242. The van der Waals surface area contributed by atoms with Gasteiger partial charge in [0.05, 0.1) is 5.69 Å². The van der Waals surface area contributed by atoms with Gasteiger partial charge in [-0.25, -0.2) is 4.98 Å². The number of imidazole rings is 1. The van der Waals surface area contributed by atoms with E-state index in [0.29, 0.717) is 18.8 Å². The van der Waals surface area contributed by atoms with Crippen LogP contribution < -0.4 is 0 Å². The Morgan fingerprint density at radius 1 is 1.22 bits per heavy atom. The van der Waals surface area contributed by atoms with Crippen LogP contribution in [0.4, 0.5) is 0 Å². The van der Waals surface area contributed by atoms with Gasteiger partial charge < -0.3 is 14.0 Å². The Morgan fingerprint density at radius 3 is 2.63 bits per heavy atom. The molecular weight excluding hydrogens is 340 g/mol. The van der Waals surface area contributed by atoms with E-state index in [9.17, 15) is 4.79 Å². The summed E-state index contributed by atoms with van der Waals surface area (Å²) < 4.78 is 7.56. The van der Waals surface area contributed by atoms with Crippen LogP contribution in [0.2, 0.25) is 0 Å². The lowest BCUT2D eigenvalue weighted by Gasteiger charge is -2.33. The Hall–Kier alpha value is -2.11. The molecule has 1 saturated heterocycles. The summed E-state index contributed by atoms with van der Waals surface area (Å²) in [5.74, 6) is 3.61. The molecule has 0 spiro atoms. The summed E-state index contributed by atoms with van der Waals surface area (Å²) in [7, 11) is 0. The lowest BCUT2D eigenvalue weighted by atomic mass is 9.85. The summed E-state index contributed by atoms with van der Waals surface area (Å²) in [6, 6.07) is 0. The predicted molar refractivity (Wildman–Crippen MR) is 102 cm³/mol. The van der Waals surface area contributed by atoms with E-state index in [2.05, 4.69) is 20.9 Å². The summed E-state index contributed by atoms with van der Waals surface area (Å²) in [6.45, 7) is 6.64. The number of carbonyl (C=O) groups is 1. The second-order valence-corrected chi connectivity index (χ2v) is 8.19. The fraction of sp³-hybridized carbons (Fsp3) is 0.667. The first-order chi connectivity index (χ1) is 13.1. The van der Waals surface area contributed by atoms with Crippen molar-refractivity contribution in [2.45, 2.75) is 71.3 Å². The number of amides is 1. The number of likely N-dealkylation sites (tertiary alicyclic amines) is 1.